The Labute approximate surface area is 142 Å². The van der Waals surface area contributed by atoms with E-state index in [1.165, 1.54) is 24.3 Å². The summed E-state index contributed by atoms with van der Waals surface area (Å²) in [6, 6.07) is 4.15. The van der Waals surface area contributed by atoms with Crippen molar-refractivity contribution in [2.24, 2.45) is 0 Å². The van der Waals surface area contributed by atoms with Crippen LogP contribution in [0.25, 0.3) is 0 Å². The summed E-state index contributed by atoms with van der Waals surface area (Å²) in [6.45, 7) is 2.77. The smallest absolute Gasteiger partial charge is 0.243 e. The van der Waals surface area contributed by atoms with Gasteiger partial charge in [-0.2, -0.15) is 0 Å². The molecule has 1 aliphatic rings. The lowest BCUT2D eigenvalue weighted by molar-refractivity contribution is -0.122. The van der Waals surface area contributed by atoms with Crippen LogP contribution in [0.15, 0.2) is 24.3 Å². The number of rotatable bonds is 7. The van der Waals surface area contributed by atoms with E-state index in [0.29, 0.717) is 19.6 Å². The molecular weight excluding hydrogens is 335 g/mol. The number of carbonyl (C=O) groups is 1. The van der Waals surface area contributed by atoms with Crippen molar-refractivity contribution in [3.8, 4) is 0 Å². The number of sulfonamides is 1. The molecule has 0 unspecified atom stereocenters. The van der Waals surface area contributed by atoms with Crippen LogP contribution in [0, 0.1) is 5.82 Å². The average molecular weight is 358 g/mol. The van der Waals surface area contributed by atoms with Gasteiger partial charge in [0.1, 0.15) is 11.9 Å². The minimum atomic E-state index is -3.71. The minimum Gasteiger partial charge on any atom is -0.376 e. The molecule has 0 spiro atoms. The maximum absolute atomic E-state index is 13.1. The summed E-state index contributed by atoms with van der Waals surface area (Å²) in [4.78, 5) is 12.5. The predicted octanol–water partition coefficient (Wildman–Crippen LogP) is 1.67. The third kappa shape index (κ3) is 4.67. The molecule has 1 fully saturated rings. The van der Waals surface area contributed by atoms with Crippen LogP contribution in [0.3, 0.4) is 0 Å². The Morgan fingerprint density at radius 1 is 1.42 bits per heavy atom. The van der Waals surface area contributed by atoms with Crippen LogP contribution in [0.5, 0.6) is 0 Å². The molecule has 1 aromatic rings. The van der Waals surface area contributed by atoms with E-state index >= 15 is 0 Å². The standard InChI is InChI=1S/C16H23FN2O4S/c1-3-15(16(20)18-11-14-5-4-10-23-14)19(24(2,21)22)13-8-6-12(17)7-9-13/h6-9,14-15H,3-5,10-11H2,1-2H3,(H,18,20)/t14-,15+/m1/s1. The zero-order valence-corrected chi connectivity index (χ0v) is 14.7. The van der Waals surface area contributed by atoms with Gasteiger partial charge < -0.3 is 10.1 Å². The molecule has 2 atom stereocenters. The van der Waals surface area contributed by atoms with Gasteiger partial charge in [0.05, 0.1) is 18.0 Å². The van der Waals surface area contributed by atoms with Gasteiger partial charge in [0.15, 0.2) is 0 Å². The Balaban J connectivity index is 2.18. The molecule has 134 valence electrons. The van der Waals surface area contributed by atoms with Crippen LogP contribution < -0.4 is 9.62 Å². The van der Waals surface area contributed by atoms with E-state index in [1.807, 2.05) is 0 Å². The first kappa shape index (κ1) is 18.7. The number of ether oxygens (including phenoxy) is 1. The lowest BCUT2D eigenvalue weighted by atomic mass is 10.1. The largest absolute Gasteiger partial charge is 0.376 e. The van der Waals surface area contributed by atoms with Crippen molar-refractivity contribution in [3.05, 3.63) is 30.1 Å². The van der Waals surface area contributed by atoms with E-state index in [4.69, 9.17) is 4.74 Å². The van der Waals surface area contributed by atoms with Crippen LogP contribution in [-0.4, -0.2) is 45.9 Å². The highest BCUT2D eigenvalue weighted by Gasteiger charge is 2.31. The SMILES string of the molecule is CC[C@@H](C(=O)NC[C@H]1CCCO1)N(c1ccc(F)cc1)S(C)(=O)=O. The molecule has 0 saturated carbocycles. The molecule has 1 N–H and O–H groups in total. The molecule has 24 heavy (non-hydrogen) atoms. The molecule has 2 rings (SSSR count). The number of amides is 1. The lowest BCUT2D eigenvalue weighted by Gasteiger charge is -2.30. The molecule has 1 amide bonds. The van der Waals surface area contributed by atoms with E-state index in [0.717, 1.165) is 23.4 Å². The Kier molecular flexibility index (Phi) is 6.17. The number of hydrogen-bond donors (Lipinski definition) is 1. The number of nitrogens with one attached hydrogen (secondary N) is 1. The van der Waals surface area contributed by atoms with Crippen molar-refractivity contribution in [1.82, 2.24) is 5.32 Å². The summed E-state index contributed by atoms with van der Waals surface area (Å²) in [5, 5.41) is 2.77. The maximum Gasteiger partial charge on any atom is 0.243 e. The summed E-state index contributed by atoms with van der Waals surface area (Å²) < 4.78 is 44.0. The number of nitrogens with zero attached hydrogens (tertiary/aromatic N) is 1. The van der Waals surface area contributed by atoms with E-state index in [1.54, 1.807) is 6.92 Å². The molecule has 0 bridgehead atoms. The third-order valence-electron chi connectivity index (χ3n) is 3.94. The summed E-state index contributed by atoms with van der Waals surface area (Å²) in [5.74, 6) is -0.856. The number of carbonyl (C=O) groups excluding carboxylic acids is 1. The highest BCUT2D eigenvalue weighted by atomic mass is 32.2. The predicted molar refractivity (Wildman–Crippen MR) is 89.8 cm³/mol. The molecule has 1 aliphatic heterocycles. The van der Waals surface area contributed by atoms with Crippen LogP contribution in [0.1, 0.15) is 26.2 Å². The second-order valence-corrected chi connectivity index (χ2v) is 7.70. The van der Waals surface area contributed by atoms with Crippen molar-refractivity contribution in [3.63, 3.8) is 0 Å². The first-order valence-electron chi connectivity index (χ1n) is 7.97. The van der Waals surface area contributed by atoms with Crippen LogP contribution in [-0.2, 0) is 19.6 Å². The van der Waals surface area contributed by atoms with E-state index in [9.17, 15) is 17.6 Å². The first-order valence-corrected chi connectivity index (χ1v) is 9.82. The second-order valence-electron chi connectivity index (χ2n) is 5.84. The molecule has 0 aromatic heterocycles. The van der Waals surface area contributed by atoms with Crippen molar-refractivity contribution in [1.29, 1.82) is 0 Å². The second kappa shape index (κ2) is 7.94. The maximum atomic E-state index is 13.1. The summed E-state index contributed by atoms with van der Waals surface area (Å²) in [5.41, 5.74) is 0.262. The molecule has 6 nitrogen and oxygen atoms in total. The molecule has 1 heterocycles. The van der Waals surface area contributed by atoms with Gasteiger partial charge in [-0.05, 0) is 43.5 Å². The van der Waals surface area contributed by atoms with Crippen LogP contribution in [0.2, 0.25) is 0 Å². The number of halogens is 1. The Bertz CT molecular complexity index is 657. The van der Waals surface area contributed by atoms with Gasteiger partial charge in [0, 0.05) is 13.2 Å². The Morgan fingerprint density at radius 3 is 2.58 bits per heavy atom. The molecule has 1 aromatic carbocycles. The van der Waals surface area contributed by atoms with Gasteiger partial charge in [-0.3, -0.25) is 9.10 Å². The van der Waals surface area contributed by atoms with Crippen molar-refractivity contribution in [2.75, 3.05) is 23.7 Å². The first-order chi connectivity index (χ1) is 11.3. The van der Waals surface area contributed by atoms with Crippen molar-refractivity contribution < 1.29 is 22.3 Å². The topological polar surface area (TPSA) is 75.7 Å². The zero-order valence-electron chi connectivity index (χ0n) is 13.9. The fraction of sp³-hybridized carbons (Fsp3) is 0.562. The van der Waals surface area contributed by atoms with Gasteiger partial charge in [-0.1, -0.05) is 6.92 Å². The van der Waals surface area contributed by atoms with E-state index in [-0.39, 0.29) is 17.7 Å². The number of hydrogen-bond acceptors (Lipinski definition) is 4. The van der Waals surface area contributed by atoms with E-state index < -0.39 is 21.9 Å². The van der Waals surface area contributed by atoms with E-state index in [2.05, 4.69) is 5.32 Å². The molecule has 1 saturated heterocycles. The fourth-order valence-corrected chi connectivity index (χ4v) is 4.00. The highest BCUT2D eigenvalue weighted by molar-refractivity contribution is 7.92. The Morgan fingerprint density at radius 2 is 2.08 bits per heavy atom. The molecule has 0 radical (unpaired) electrons. The Hall–Kier alpha value is -1.67. The number of anilines is 1. The van der Waals surface area contributed by atoms with Gasteiger partial charge in [-0.15, -0.1) is 0 Å². The van der Waals surface area contributed by atoms with Crippen molar-refractivity contribution >= 4 is 21.6 Å². The van der Waals surface area contributed by atoms with Gasteiger partial charge >= 0.3 is 0 Å². The highest BCUT2D eigenvalue weighted by Crippen LogP contribution is 2.23. The van der Waals surface area contributed by atoms with Crippen LogP contribution in [0.4, 0.5) is 10.1 Å². The molecule has 8 heteroatoms. The minimum absolute atomic E-state index is 0.0241. The van der Waals surface area contributed by atoms with Crippen LogP contribution >= 0.6 is 0 Å². The van der Waals surface area contributed by atoms with Gasteiger partial charge in [0.2, 0.25) is 15.9 Å². The molecule has 0 aliphatic carbocycles. The summed E-state index contributed by atoms with van der Waals surface area (Å²) >= 11 is 0. The van der Waals surface area contributed by atoms with Gasteiger partial charge in [0.25, 0.3) is 0 Å². The summed E-state index contributed by atoms with van der Waals surface area (Å²) in [6.07, 6.45) is 3.14. The van der Waals surface area contributed by atoms with Gasteiger partial charge in [-0.25, -0.2) is 12.8 Å². The van der Waals surface area contributed by atoms with Crippen molar-refractivity contribution in [2.45, 2.75) is 38.3 Å². The summed E-state index contributed by atoms with van der Waals surface area (Å²) in [7, 11) is -3.71. The monoisotopic (exact) mass is 358 g/mol. The normalized spacial score (nSPS) is 19.0. The fourth-order valence-electron chi connectivity index (χ4n) is 2.79. The number of benzene rings is 1. The molecular formula is C16H23FN2O4S. The zero-order chi connectivity index (χ0) is 17.7. The quantitative estimate of drug-likeness (QED) is 0.804. The average Bonchev–Trinajstić information content (AvgIpc) is 3.03. The lowest BCUT2D eigenvalue weighted by Crippen LogP contribution is -2.50. The third-order valence-corrected chi connectivity index (χ3v) is 5.12.